The largest absolute Gasteiger partial charge is 0.864 e. The number of benzene rings is 3. The zero-order chi connectivity index (χ0) is 45.0. The summed E-state index contributed by atoms with van der Waals surface area (Å²) in [5.74, 6) is -17.9. The first-order valence-corrected chi connectivity index (χ1v) is 22.2. The van der Waals surface area contributed by atoms with E-state index >= 15 is 13.2 Å². The van der Waals surface area contributed by atoms with Crippen molar-refractivity contribution in [1.29, 1.82) is 0 Å². The van der Waals surface area contributed by atoms with Crippen molar-refractivity contribution in [1.82, 2.24) is 0 Å². The summed E-state index contributed by atoms with van der Waals surface area (Å²) in [6, 6.07) is 2.17. The third kappa shape index (κ3) is 14.8. The van der Waals surface area contributed by atoms with E-state index in [0.717, 1.165) is 96.3 Å². The lowest BCUT2D eigenvalue weighted by Crippen LogP contribution is -2.64. The van der Waals surface area contributed by atoms with Crippen LogP contribution in [0.2, 0.25) is 0 Å². The minimum absolute atomic E-state index is 0.00340. The molecule has 3 aromatic rings. The molecule has 0 aromatic heterocycles. The predicted octanol–water partition coefficient (Wildman–Crippen LogP) is 14.6. The fourth-order valence-corrected chi connectivity index (χ4v) is 7.98. The third-order valence-corrected chi connectivity index (χ3v) is 11.3. The Labute approximate surface area is 357 Å². The van der Waals surface area contributed by atoms with Crippen molar-refractivity contribution in [2.75, 3.05) is 26.2 Å². The van der Waals surface area contributed by atoms with Crippen molar-refractivity contribution in [2.45, 2.75) is 156 Å². The molecular formula is C46H64BF9NO4+. The van der Waals surface area contributed by atoms with Gasteiger partial charge in [-0.2, -0.15) is 0 Å². The van der Waals surface area contributed by atoms with Crippen LogP contribution in [0.1, 0.15) is 156 Å². The van der Waals surface area contributed by atoms with Gasteiger partial charge < -0.3 is 18.7 Å². The summed E-state index contributed by atoms with van der Waals surface area (Å²) >= 11 is 0. The van der Waals surface area contributed by atoms with Crippen molar-refractivity contribution in [2.24, 2.45) is 0 Å². The van der Waals surface area contributed by atoms with E-state index < -0.39 is 88.2 Å². The molecule has 15 heteroatoms. The summed E-state index contributed by atoms with van der Waals surface area (Å²) in [5.41, 5.74) is -2.34. The molecule has 0 aliphatic rings. The average Bonchev–Trinajstić information content (AvgIpc) is 3.21. The fourth-order valence-electron chi connectivity index (χ4n) is 7.98. The molecule has 0 saturated carbocycles. The lowest BCUT2D eigenvalue weighted by Gasteiger charge is -2.52. The summed E-state index contributed by atoms with van der Waals surface area (Å²) < 4.78 is 157. The van der Waals surface area contributed by atoms with Crippen LogP contribution < -0.4 is 14.0 Å². The maximum atomic E-state index is 16.9. The highest BCUT2D eigenvalue weighted by atomic mass is 19.2. The predicted molar refractivity (Wildman–Crippen MR) is 221 cm³/mol. The summed E-state index contributed by atoms with van der Waals surface area (Å²) in [6.07, 6.45) is 17.1. The van der Waals surface area contributed by atoms with Gasteiger partial charge in [-0.15, -0.1) is 0 Å². The van der Waals surface area contributed by atoms with Crippen LogP contribution in [0.3, 0.4) is 0 Å². The van der Waals surface area contributed by atoms with E-state index in [0.29, 0.717) is 69.2 Å². The topological polar surface area (TPSA) is 36.9 Å². The minimum Gasteiger partial charge on any atom is -0.489 e. The molecule has 1 atom stereocenters. The molecular weight excluding hydrogens is 812 g/mol. The molecule has 0 bridgehead atoms. The van der Waals surface area contributed by atoms with Crippen LogP contribution in [0.25, 0.3) is 0 Å². The molecule has 0 N–H and O–H groups in total. The Kier molecular flexibility index (Phi) is 22.2. The number of hydrogen-bond acceptors (Lipinski definition) is 4. The van der Waals surface area contributed by atoms with Gasteiger partial charge in [-0.05, 0) is 45.4 Å². The van der Waals surface area contributed by atoms with Crippen molar-refractivity contribution in [3.05, 3.63) is 88.3 Å². The van der Waals surface area contributed by atoms with E-state index in [1.807, 2.05) is 0 Å². The van der Waals surface area contributed by atoms with E-state index in [9.17, 15) is 26.3 Å². The molecule has 3 aromatic carbocycles. The van der Waals surface area contributed by atoms with E-state index in [1.54, 1.807) is 13.8 Å². The summed E-state index contributed by atoms with van der Waals surface area (Å²) in [5, 5.41) is 0. The van der Waals surface area contributed by atoms with Crippen molar-refractivity contribution >= 4 is 7.32 Å². The summed E-state index contributed by atoms with van der Waals surface area (Å²) in [7, 11) is -2.40. The molecule has 0 saturated heterocycles. The first-order chi connectivity index (χ1) is 29.2. The van der Waals surface area contributed by atoms with Gasteiger partial charge in [0.2, 0.25) is 5.72 Å². The van der Waals surface area contributed by atoms with Gasteiger partial charge in [0.15, 0.2) is 52.4 Å². The molecule has 342 valence electrons. The zero-order valence-corrected chi connectivity index (χ0v) is 36.5. The lowest BCUT2D eigenvalue weighted by molar-refractivity contribution is -1.01. The highest BCUT2D eigenvalue weighted by molar-refractivity contribution is 6.39. The molecule has 3 rings (SSSR count). The lowest BCUT2D eigenvalue weighted by atomic mass is 9.93. The molecule has 0 radical (unpaired) electrons. The van der Waals surface area contributed by atoms with Gasteiger partial charge in [0.05, 0.1) is 26.2 Å². The number of ether oxygens (including phenoxy) is 1. The van der Waals surface area contributed by atoms with Gasteiger partial charge in [0.1, 0.15) is 22.8 Å². The quantitative estimate of drug-likeness (QED) is 0.0161. The first-order valence-electron chi connectivity index (χ1n) is 22.2. The number of nitrogens with zero attached hydrogens (tertiary/aromatic N) is 1. The van der Waals surface area contributed by atoms with Gasteiger partial charge in [0, 0.05) is 37.3 Å². The molecule has 0 fully saturated rings. The molecule has 0 heterocycles. The second-order valence-electron chi connectivity index (χ2n) is 15.9. The molecule has 5 nitrogen and oxygen atoms in total. The number of rotatable bonds is 31. The fraction of sp³-hybridized carbons (Fsp3) is 0.609. The number of hydrogen-bond donors (Lipinski definition) is 0. The third-order valence-electron chi connectivity index (χ3n) is 11.3. The minimum atomic E-state index is -2.40. The second-order valence-corrected chi connectivity index (χ2v) is 15.9. The van der Waals surface area contributed by atoms with Crippen LogP contribution in [0.15, 0.2) is 30.3 Å². The molecule has 0 spiro atoms. The number of quaternary nitrogens is 1. The van der Waals surface area contributed by atoms with Crippen LogP contribution in [0.5, 0.6) is 17.2 Å². The van der Waals surface area contributed by atoms with Crippen LogP contribution in [0, 0.1) is 52.4 Å². The molecule has 0 aliphatic carbocycles. The van der Waals surface area contributed by atoms with Crippen molar-refractivity contribution in [3.8, 4) is 17.2 Å². The Hall–Kier alpha value is -3.59. The Morgan fingerprint density at radius 3 is 1.15 bits per heavy atom. The normalized spacial score (nSPS) is 12.8. The van der Waals surface area contributed by atoms with Crippen LogP contribution in [-0.4, -0.2) is 38.0 Å². The number of halogens is 9. The van der Waals surface area contributed by atoms with Gasteiger partial charge in [0.25, 0.3) is 0 Å². The Bertz CT molecular complexity index is 1640. The summed E-state index contributed by atoms with van der Waals surface area (Å²) in [4.78, 5) is 0. The standard InChI is InChI=1S/C46H64BF9NO4/c1-6-10-13-16-19-22-25-57(26-23-20-17-14-11-7-2,27-24-21-18-15-12-8-3)46(5,58-9-4)41-40(32-39(52)44(55)45(41)56)61-47(59-33-28-35(48)42(53)36(49)29-33)60-34-30-37(50)43(54)38(51)31-34/h28-32H,6-27H2,1-5H3/q+1. The average molecular weight is 877 g/mol. The SMILES string of the molecule is CCCCCCCC[N+](CCCCCCCC)(CCCCCCCC)C(C)(OCC)c1c(OB(Oc2cc(F)c(F)c(F)c2)Oc2cc(F)c(F)c(F)c2)cc(F)c(F)c1F. The molecule has 0 aliphatic heterocycles. The molecule has 1 unspecified atom stereocenters. The molecule has 0 amide bonds. The van der Waals surface area contributed by atoms with Crippen molar-refractivity contribution < 1.29 is 62.7 Å². The Morgan fingerprint density at radius 2 is 0.787 bits per heavy atom. The van der Waals surface area contributed by atoms with E-state index in [1.165, 1.54) is 0 Å². The van der Waals surface area contributed by atoms with E-state index in [-0.39, 0.29) is 11.1 Å². The van der Waals surface area contributed by atoms with E-state index in [2.05, 4.69) is 20.8 Å². The Balaban J connectivity index is 2.27. The first kappa shape index (κ1) is 51.8. The van der Waals surface area contributed by atoms with Crippen LogP contribution >= 0.6 is 0 Å². The second kappa shape index (κ2) is 26.1. The van der Waals surface area contributed by atoms with Crippen LogP contribution in [-0.2, 0) is 10.5 Å². The summed E-state index contributed by atoms with van der Waals surface area (Å²) in [6.45, 7) is 11.1. The monoisotopic (exact) mass is 876 g/mol. The number of unbranched alkanes of at least 4 members (excludes halogenated alkanes) is 15. The van der Waals surface area contributed by atoms with Crippen molar-refractivity contribution in [3.63, 3.8) is 0 Å². The van der Waals surface area contributed by atoms with E-state index in [4.69, 9.17) is 18.7 Å². The van der Waals surface area contributed by atoms with Gasteiger partial charge >= 0.3 is 7.32 Å². The molecule has 61 heavy (non-hydrogen) atoms. The van der Waals surface area contributed by atoms with Gasteiger partial charge in [-0.1, -0.05) is 97.8 Å². The van der Waals surface area contributed by atoms with Crippen LogP contribution in [0.4, 0.5) is 39.5 Å². The van der Waals surface area contributed by atoms with Gasteiger partial charge in [-0.25, -0.2) is 39.5 Å². The smallest absolute Gasteiger partial charge is 0.489 e. The highest BCUT2D eigenvalue weighted by Gasteiger charge is 2.54. The Morgan fingerprint density at radius 1 is 0.443 bits per heavy atom. The maximum absolute atomic E-state index is 16.9. The van der Waals surface area contributed by atoms with Gasteiger partial charge in [-0.3, -0.25) is 4.48 Å². The highest BCUT2D eigenvalue weighted by Crippen LogP contribution is 2.46. The maximum Gasteiger partial charge on any atom is 0.864 e. The zero-order valence-electron chi connectivity index (χ0n) is 36.5.